The Balaban J connectivity index is 0.000000463. The Morgan fingerprint density at radius 2 is 1.57 bits per heavy atom. The van der Waals surface area contributed by atoms with Crippen molar-refractivity contribution in [2.24, 2.45) is 0 Å². The van der Waals surface area contributed by atoms with Gasteiger partial charge in [0.2, 0.25) is 0 Å². The molecule has 0 unspecified atom stereocenters. The Kier molecular flexibility index (Phi) is 7.42. The lowest BCUT2D eigenvalue weighted by molar-refractivity contribution is 0.102. The average molecular weight is 423 g/mol. The summed E-state index contributed by atoms with van der Waals surface area (Å²) in [5.74, 6) is -0.179. The molecule has 2 aromatic carbocycles. The van der Waals surface area contributed by atoms with Crippen LogP contribution in [0.2, 0.25) is 0 Å². The smallest absolute Gasteiger partial charge is 0.255 e. The van der Waals surface area contributed by atoms with Gasteiger partial charge < -0.3 is 5.32 Å². The topological polar surface area (TPSA) is 46.2 Å². The van der Waals surface area contributed by atoms with Gasteiger partial charge in [0.1, 0.15) is 6.29 Å². The fourth-order valence-electron chi connectivity index (χ4n) is 1.62. The van der Waals surface area contributed by atoms with E-state index in [2.05, 4.69) is 48.7 Å². The van der Waals surface area contributed by atoms with Gasteiger partial charge in [-0.05, 0) is 30.7 Å². The first-order valence-electron chi connectivity index (χ1n) is 7.32. The van der Waals surface area contributed by atoms with Gasteiger partial charge >= 0.3 is 0 Å². The van der Waals surface area contributed by atoms with Crippen LogP contribution in [0.15, 0.2) is 48.5 Å². The summed E-state index contributed by atoms with van der Waals surface area (Å²) in [7, 11) is 0. The second-order valence-electron chi connectivity index (χ2n) is 6.08. The van der Waals surface area contributed by atoms with Gasteiger partial charge in [0.05, 0.1) is 0 Å². The number of carbonyl (C=O) groups excluding carboxylic acids is 2. The Labute approximate surface area is 151 Å². The molecule has 1 N–H and O–H groups in total. The molecule has 1 amide bonds. The van der Waals surface area contributed by atoms with E-state index in [1.54, 1.807) is 24.3 Å². The molecule has 0 radical (unpaired) electrons. The minimum Gasteiger partial charge on any atom is -0.322 e. The number of hydrogen-bond donors (Lipinski definition) is 1. The summed E-state index contributed by atoms with van der Waals surface area (Å²) < 4.78 is 0.470. The van der Waals surface area contributed by atoms with E-state index in [1.807, 2.05) is 31.2 Å². The highest BCUT2D eigenvalue weighted by molar-refractivity contribution is 14.1. The zero-order valence-electron chi connectivity index (χ0n) is 13.9. The van der Waals surface area contributed by atoms with E-state index in [9.17, 15) is 9.59 Å². The van der Waals surface area contributed by atoms with E-state index >= 15 is 0 Å². The fourth-order valence-corrected chi connectivity index (χ4v) is 1.62. The first kappa shape index (κ1) is 19.4. The van der Waals surface area contributed by atoms with Crippen molar-refractivity contribution in [1.82, 2.24) is 0 Å². The molecule has 0 bridgehead atoms. The van der Waals surface area contributed by atoms with Gasteiger partial charge in [-0.25, -0.2) is 0 Å². The van der Waals surface area contributed by atoms with E-state index in [-0.39, 0.29) is 5.91 Å². The zero-order chi connectivity index (χ0) is 17.5. The fraction of sp³-hybridized carbons (Fsp3) is 0.263. The monoisotopic (exact) mass is 423 g/mol. The maximum atomic E-state index is 12.0. The molecule has 0 aliphatic rings. The van der Waals surface area contributed by atoms with Crippen LogP contribution in [0, 0.1) is 6.92 Å². The van der Waals surface area contributed by atoms with Gasteiger partial charge in [-0.15, -0.1) is 0 Å². The summed E-state index contributed by atoms with van der Waals surface area (Å²) >= 11 is 2.38. The number of alkyl halides is 1. The van der Waals surface area contributed by atoms with Crippen molar-refractivity contribution in [3.8, 4) is 0 Å². The van der Waals surface area contributed by atoms with Crippen molar-refractivity contribution in [3.63, 3.8) is 0 Å². The van der Waals surface area contributed by atoms with Crippen LogP contribution in [0.5, 0.6) is 0 Å². The third kappa shape index (κ3) is 7.93. The van der Waals surface area contributed by atoms with Crippen molar-refractivity contribution in [3.05, 3.63) is 65.2 Å². The molecule has 0 heterocycles. The highest BCUT2D eigenvalue weighted by atomic mass is 127. The zero-order valence-corrected chi connectivity index (χ0v) is 16.0. The normalized spacial score (nSPS) is 10.3. The molecule has 0 aliphatic heterocycles. The van der Waals surface area contributed by atoms with Gasteiger partial charge in [-0.2, -0.15) is 0 Å². The second-order valence-corrected chi connectivity index (χ2v) is 9.31. The second kappa shape index (κ2) is 8.82. The lowest BCUT2D eigenvalue weighted by atomic mass is 10.1. The Morgan fingerprint density at radius 1 is 1.04 bits per heavy atom. The number of halogens is 1. The molecule has 2 rings (SSSR count). The molecule has 0 saturated carbocycles. The molecule has 23 heavy (non-hydrogen) atoms. The number of aldehydes is 1. The number of amides is 1. The van der Waals surface area contributed by atoms with Crippen molar-refractivity contribution in [2.45, 2.75) is 31.1 Å². The van der Waals surface area contributed by atoms with Crippen LogP contribution in [0.3, 0.4) is 0 Å². The Bertz CT molecular complexity index is 652. The molecule has 0 saturated heterocycles. The van der Waals surface area contributed by atoms with Gasteiger partial charge in [-0.1, -0.05) is 73.7 Å². The van der Waals surface area contributed by atoms with Crippen molar-refractivity contribution >= 4 is 40.5 Å². The van der Waals surface area contributed by atoms with Crippen LogP contribution in [0.1, 0.15) is 47.1 Å². The van der Waals surface area contributed by atoms with E-state index in [0.717, 1.165) is 17.5 Å². The highest BCUT2D eigenvalue weighted by Crippen LogP contribution is 2.15. The molecule has 0 fully saturated rings. The van der Waals surface area contributed by atoms with Gasteiger partial charge in [-0.3, -0.25) is 9.59 Å². The molecule has 4 heteroatoms. The number of anilines is 1. The summed E-state index contributed by atoms with van der Waals surface area (Å²) in [6.45, 7) is 8.46. The van der Waals surface area contributed by atoms with Crippen LogP contribution in [-0.4, -0.2) is 15.6 Å². The van der Waals surface area contributed by atoms with Gasteiger partial charge in [0.15, 0.2) is 0 Å². The summed E-state index contributed by atoms with van der Waals surface area (Å²) in [5.41, 5.74) is 2.89. The summed E-state index contributed by atoms with van der Waals surface area (Å²) in [6.07, 6.45) is 0.753. The molecular weight excluding hydrogens is 401 g/mol. The maximum Gasteiger partial charge on any atom is 0.255 e. The largest absolute Gasteiger partial charge is 0.322 e. The molecule has 0 aliphatic carbocycles. The molecule has 122 valence electrons. The third-order valence-corrected chi connectivity index (χ3v) is 2.70. The van der Waals surface area contributed by atoms with Crippen LogP contribution in [0.25, 0.3) is 0 Å². The third-order valence-electron chi connectivity index (χ3n) is 2.70. The van der Waals surface area contributed by atoms with Crippen LogP contribution < -0.4 is 5.32 Å². The van der Waals surface area contributed by atoms with Crippen molar-refractivity contribution in [2.75, 3.05) is 5.32 Å². The lowest BCUT2D eigenvalue weighted by Crippen LogP contribution is -2.12. The summed E-state index contributed by atoms with van der Waals surface area (Å²) in [4.78, 5) is 22.5. The molecular formula is C19H22INO2. The molecule has 0 spiro atoms. The molecule has 0 atom stereocenters. The number of nitrogens with one attached hydrogen (secondary N) is 1. The van der Waals surface area contributed by atoms with E-state index in [1.165, 1.54) is 0 Å². The van der Waals surface area contributed by atoms with E-state index < -0.39 is 0 Å². The summed E-state index contributed by atoms with van der Waals surface area (Å²) in [5, 5.41) is 2.84. The first-order valence-corrected chi connectivity index (χ1v) is 8.39. The van der Waals surface area contributed by atoms with Crippen LogP contribution >= 0.6 is 22.6 Å². The number of carbonyl (C=O) groups is 2. The number of benzene rings is 2. The van der Waals surface area contributed by atoms with Crippen molar-refractivity contribution < 1.29 is 9.59 Å². The first-order chi connectivity index (χ1) is 10.7. The predicted octanol–water partition coefficient (Wildman–Crippen LogP) is 5.28. The number of para-hydroxylation sites is 1. The maximum absolute atomic E-state index is 12.0. The minimum absolute atomic E-state index is 0.179. The Hall–Kier alpha value is -1.69. The van der Waals surface area contributed by atoms with Gasteiger partial charge in [0, 0.05) is 20.2 Å². The van der Waals surface area contributed by atoms with Crippen LogP contribution in [-0.2, 0) is 0 Å². The number of rotatable bonds is 3. The predicted molar refractivity (Wildman–Crippen MR) is 105 cm³/mol. The summed E-state index contributed by atoms with van der Waals surface area (Å²) in [6, 6.07) is 14.1. The minimum atomic E-state index is -0.179. The molecule has 2 aromatic rings. The highest BCUT2D eigenvalue weighted by Gasteiger charge is 2.06. The van der Waals surface area contributed by atoms with Crippen LogP contribution in [0.4, 0.5) is 5.69 Å². The van der Waals surface area contributed by atoms with E-state index in [4.69, 9.17) is 0 Å². The lowest BCUT2D eigenvalue weighted by Gasteiger charge is -2.07. The standard InChI is InChI=1S/C15H13NO2.C4H9I/c1-11-4-2-3-5-14(11)16-15(18)13-8-6-12(10-17)7-9-13;1-4(2,3)5/h2-10H,1H3,(H,16,18);1-3H3. The molecule has 3 nitrogen and oxygen atoms in total. The molecule has 0 aromatic heterocycles. The van der Waals surface area contributed by atoms with E-state index in [0.29, 0.717) is 14.5 Å². The Morgan fingerprint density at radius 3 is 2.04 bits per heavy atom. The number of hydrogen-bond acceptors (Lipinski definition) is 2. The van der Waals surface area contributed by atoms with Gasteiger partial charge in [0.25, 0.3) is 5.91 Å². The average Bonchev–Trinajstić information content (AvgIpc) is 2.48. The SMILES string of the molecule is CC(C)(C)I.Cc1ccccc1NC(=O)c1ccc(C=O)cc1. The quantitative estimate of drug-likeness (QED) is 0.415. The number of aryl methyl sites for hydroxylation is 1. The van der Waals surface area contributed by atoms with Crippen molar-refractivity contribution in [1.29, 1.82) is 0 Å².